The highest BCUT2D eigenvalue weighted by Crippen LogP contribution is 2.28. The van der Waals surface area contributed by atoms with Gasteiger partial charge in [-0.1, -0.05) is 11.8 Å². The number of carbonyl (C=O) groups excluding carboxylic acids is 1. The van der Waals surface area contributed by atoms with E-state index in [1.54, 1.807) is 10.8 Å². The zero-order chi connectivity index (χ0) is 19.6. The van der Waals surface area contributed by atoms with Gasteiger partial charge in [-0.3, -0.25) is 14.9 Å². The number of non-ortho nitro benzene ring substituents is 1. The van der Waals surface area contributed by atoms with Gasteiger partial charge in [-0.2, -0.15) is 0 Å². The van der Waals surface area contributed by atoms with Gasteiger partial charge in [0.05, 0.1) is 28.2 Å². The Bertz CT molecular complexity index is 1020. The summed E-state index contributed by atoms with van der Waals surface area (Å²) in [5.74, 6) is 1.24. The van der Waals surface area contributed by atoms with Crippen LogP contribution in [-0.4, -0.2) is 31.3 Å². The Morgan fingerprint density at radius 3 is 2.81 bits per heavy atom. The molecule has 11 heteroatoms. The molecule has 0 unspecified atom stereocenters. The molecular weight excluding hydrogens is 438 g/mol. The number of nitrogens with one attached hydrogen (secondary N) is 1. The lowest BCUT2D eigenvalue weighted by molar-refractivity contribution is -0.384. The standard InChI is InChI=1S/C16H14BrN5O4S/c1-9-11(5-6-26-9)15-19-20-16(21(15)2)27-8-14(23)18-13-4-3-10(22(24)25)7-12(13)17/h3-7H,8H2,1-2H3,(H,18,23). The highest BCUT2D eigenvalue weighted by Gasteiger charge is 2.16. The third-order valence-electron chi connectivity index (χ3n) is 3.70. The van der Waals surface area contributed by atoms with Crippen LogP contribution in [0.3, 0.4) is 0 Å². The minimum Gasteiger partial charge on any atom is -0.469 e. The normalized spacial score (nSPS) is 10.8. The summed E-state index contributed by atoms with van der Waals surface area (Å²) < 4.78 is 7.51. The van der Waals surface area contributed by atoms with Crippen LogP contribution < -0.4 is 5.32 Å². The molecule has 9 nitrogen and oxygen atoms in total. The number of carbonyl (C=O) groups is 1. The van der Waals surface area contributed by atoms with Gasteiger partial charge < -0.3 is 14.3 Å². The number of nitro groups is 1. The first kappa shape index (κ1) is 19.1. The Balaban J connectivity index is 1.64. The monoisotopic (exact) mass is 451 g/mol. The average molecular weight is 452 g/mol. The first-order valence-corrected chi connectivity index (χ1v) is 9.45. The summed E-state index contributed by atoms with van der Waals surface area (Å²) >= 11 is 4.46. The van der Waals surface area contributed by atoms with Crippen molar-refractivity contribution in [1.82, 2.24) is 14.8 Å². The second-order valence-corrected chi connectivity index (χ2v) is 7.31. The van der Waals surface area contributed by atoms with Crippen molar-refractivity contribution in [2.75, 3.05) is 11.1 Å². The minimum atomic E-state index is -0.500. The predicted octanol–water partition coefficient (Wildman–Crippen LogP) is 3.79. The molecule has 0 radical (unpaired) electrons. The number of amides is 1. The third-order valence-corrected chi connectivity index (χ3v) is 5.38. The van der Waals surface area contributed by atoms with E-state index in [0.717, 1.165) is 11.3 Å². The molecule has 1 amide bonds. The van der Waals surface area contributed by atoms with Crippen molar-refractivity contribution in [3.05, 3.63) is 50.9 Å². The van der Waals surface area contributed by atoms with Crippen LogP contribution in [0.15, 0.2) is 44.6 Å². The van der Waals surface area contributed by atoms with Crippen LogP contribution in [0.2, 0.25) is 0 Å². The van der Waals surface area contributed by atoms with Gasteiger partial charge in [0, 0.05) is 23.7 Å². The van der Waals surface area contributed by atoms with Crippen molar-refractivity contribution in [1.29, 1.82) is 0 Å². The SMILES string of the molecule is Cc1occc1-c1nnc(SCC(=O)Nc2ccc([N+](=O)[O-])cc2Br)n1C. The summed E-state index contributed by atoms with van der Waals surface area (Å²) in [4.78, 5) is 22.5. The van der Waals surface area contributed by atoms with Crippen LogP contribution in [0.5, 0.6) is 0 Å². The van der Waals surface area contributed by atoms with Crippen molar-refractivity contribution in [2.45, 2.75) is 12.1 Å². The largest absolute Gasteiger partial charge is 0.469 e. The van der Waals surface area contributed by atoms with E-state index in [4.69, 9.17) is 4.42 Å². The lowest BCUT2D eigenvalue weighted by Gasteiger charge is -2.07. The van der Waals surface area contributed by atoms with E-state index >= 15 is 0 Å². The molecule has 3 rings (SSSR count). The summed E-state index contributed by atoms with van der Waals surface area (Å²) in [6.07, 6.45) is 1.58. The number of halogens is 1. The Morgan fingerprint density at radius 1 is 1.41 bits per heavy atom. The highest BCUT2D eigenvalue weighted by molar-refractivity contribution is 9.10. The van der Waals surface area contributed by atoms with E-state index in [2.05, 4.69) is 31.4 Å². The smallest absolute Gasteiger partial charge is 0.270 e. The van der Waals surface area contributed by atoms with E-state index < -0.39 is 4.92 Å². The molecule has 0 aliphatic heterocycles. The summed E-state index contributed by atoms with van der Waals surface area (Å²) in [6.45, 7) is 1.84. The maximum atomic E-state index is 12.2. The Labute approximate surface area is 166 Å². The van der Waals surface area contributed by atoms with E-state index in [0.29, 0.717) is 21.1 Å². The van der Waals surface area contributed by atoms with Crippen LogP contribution in [-0.2, 0) is 11.8 Å². The number of furan rings is 1. The van der Waals surface area contributed by atoms with Gasteiger partial charge in [0.15, 0.2) is 11.0 Å². The fraction of sp³-hybridized carbons (Fsp3) is 0.188. The van der Waals surface area contributed by atoms with Crippen molar-refractivity contribution in [3.8, 4) is 11.4 Å². The molecule has 3 aromatic rings. The maximum Gasteiger partial charge on any atom is 0.270 e. The zero-order valence-corrected chi connectivity index (χ0v) is 16.7. The molecule has 0 aliphatic carbocycles. The number of thioether (sulfide) groups is 1. The molecule has 0 aliphatic rings. The maximum absolute atomic E-state index is 12.2. The van der Waals surface area contributed by atoms with Crippen molar-refractivity contribution < 1.29 is 14.1 Å². The summed E-state index contributed by atoms with van der Waals surface area (Å²) in [7, 11) is 1.81. The van der Waals surface area contributed by atoms with Crippen LogP contribution >= 0.6 is 27.7 Å². The predicted molar refractivity (Wildman–Crippen MR) is 104 cm³/mol. The number of aryl methyl sites for hydroxylation is 1. The molecule has 0 atom stereocenters. The zero-order valence-electron chi connectivity index (χ0n) is 14.3. The second kappa shape index (κ2) is 7.92. The van der Waals surface area contributed by atoms with Crippen LogP contribution in [0.1, 0.15) is 5.76 Å². The number of hydrogen-bond acceptors (Lipinski definition) is 7. The van der Waals surface area contributed by atoms with Crippen molar-refractivity contribution in [3.63, 3.8) is 0 Å². The molecule has 1 N–H and O–H groups in total. The molecule has 0 fully saturated rings. The molecule has 0 saturated heterocycles. The first-order valence-electron chi connectivity index (χ1n) is 7.67. The number of hydrogen-bond donors (Lipinski definition) is 1. The van der Waals surface area contributed by atoms with Gasteiger partial charge in [0.2, 0.25) is 5.91 Å². The van der Waals surface area contributed by atoms with Crippen LogP contribution in [0.25, 0.3) is 11.4 Å². The van der Waals surface area contributed by atoms with Crippen molar-refractivity contribution >= 4 is 45.0 Å². The molecular formula is C16H14BrN5O4S. The molecule has 0 spiro atoms. The Hall–Kier alpha value is -2.66. The van der Waals surface area contributed by atoms with E-state index in [-0.39, 0.29) is 17.3 Å². The minimum absolute atomic E-state index is 0.0598. The lowest BCUT2D eigenvalue weighted by Crippen LogP contribution is -2.15. The molecule has 2 aromatic heterocycles. The number of anilines is 1. The summed E-state index contributed by atoms with van der Waals surface area (Å²) in [6, 6.07) is 5.96. The third kappa shape index (κ3) is 4.19. The topological polar surface area (TPSA) is 116 Å². The molecule has 1 aromatic carbocycles. The van der Waals surface area contributed by atoms with E-state index in [9.17, 15) is 14.9 Å². The highest BCUT2D eigenvalue weighted by atomic mass is 79.9. The lowest BCUT2D eigenvalue weighted by atomic mass is 10.2. The molecule has 0 saturated carbocycles. The number of nitrogens with zero attached hydrogens (tertiary/aromatic N) is 4. The summed E-state index contributed by atoms with van der Waals surface area (Å²) in [5, 5.41) is 22.3. The van der Waals surface area contributed by atoms with Crippen molar-refractivity contribution in [2.24, 2.45) is 7.05 Å². The number of rotatable bonds is 6. The van der Waals surface area contributed by atoms with E-state index in [1.165, 1.54) is 30.0 Å². The molecule has 140 valence electrons. The average Bonchev–Trinajstić information content (AvgIpc) is 3.20. The molecule has 2 heterocycles. The van der Waals surface area contributed by atoms with E-state index in [1.807, 2.05) is 20.0 Å². The van der Waals surface area contributed by atoms with Gasteiger partial charge in [-0.05, 0) is 35.0 Å². The number of benzene rings is 1. The van der Waals surface area contributed by atoms with Crippen LogP contribution in [0, 0.1) is 17.0 Å². The van der Waals surface area contributed by atoms with Crippen LogP contribution in [0.4, 0.5) is 11.4 Å². The molecule has 27 heavy (non-hydrogen) atoms. The van der Waals surface area contributed by atoms with Gasteiger partial charge in [-0.15, -0.1) is 10.2 Å². The number of nitro benzene ring substituents is 1. The molecule has 0 bridgehead atoms. The number of aromatic nitrogens is 3. The quantitative estimate of drug-likeness (QED) is 0.344. The summed E-state index contributed by atoms with van der Waals surface area (Å²) in [5.41, 5.74) is 1.24. The van der Waals surface area contributed by atoms with Gasteiger partial charge >= 0.3 is 0 Å². The Kier molecular flexibility index (Phi) is 5.61. The van der Waals surface area contributed by atoms with Gasteiger partial charge in [0.1, 0.15) is 5.76 Å². The second-order valence-electron chi connectivity index (χ2n) is 5.51. The van der Waals surface area contributed by atoms with Gasteiger partial charge in [0.25, 0.3) is 5.69 Å². The Morgan fingerprint density at radius 2 is 2.19 bits per heavy atom. The fourth-order valence-corrected chi connectivity index (χ4v) is 3.50. The van der Waals surface area contributed by atoms with Gasteiger partial charge in [-0.25, -0.2) is 0 Å². The fourth-order valence-electron chi connectivity index (χ4n) is 2.33. The first-order chi connectivity index (χ1) is 12.9.